The summed E-state index contributed by atoms with van der Waals surface area (Å²) in [4.78, 5) is 12.1. The minimum absolute atomic E-state index is 0.0676. The molecule has 0 saturated carbocycles. The fraction of sp³-hybridized carbons (Fsp3) is 0.286. The Balaban J connectivity index is 1.62. The van der Waals surface area contributed by atoms with Gasteiger partial charge in [-0.15, -0.1) is 10.2 Å². The van der Waals surface area contributed by atoms with E-state index in [2.05, 4.69) is 10.2 Å². The molecular formula is C21H21N3O3S. The van der Waals surface area contributed by atoms with Gasteiger partial charge in [-0.3, -0.25) is 9.36 Å². The number of rotatable bonds is 6. The fourth-order valence-electron chi connectivity index (χ4n) is 3.11. The molecule has 4 rings (SSSR count). The first-order valence-corrected chi connectivity index (χ1v) is 10.0. The van der Waals surface area contributed by atoms with Crippen LogP contribution in [0.25, 0.3) is 5.69 Å². The van der Waals surface area contributed by atoms with Crippen molar-refractivity contribution < 1.29 is 14.3 Å². The maximum atomic E-state index is 12.1. The maximum Gasteiger partial charge on any atom is 0.319 e. The first-order valence-electron chi connectivity index (χ1n) is 9.17. The second kappa shape index (κ2) is 8.06. The molecule has 2 atom stereocenters. The van der Waals surface area contributed by atoms with Gasteiger partial charge in [0.1, 0.15) is 23.7 Å². The second-order valence-corrected chi connectivity index (χ2v) is 7.88. The van der Waals surface area contributed by atoms with Crippen molar-refractivity contribution in [3.05, 3.63) is 66.0 Å². The largest absolute Gasteiger partial charge is 0.485 e. The van der Waals surface area contributed by atoms with E-state index in [1.807, 2.05) is 73.0 Å². The van der Waals surface area contributed by atoms with Crippen LogP contribution < -0.4 is 4.74 Å². The Morgan fingerprint density at radius 2 is 1.89 bits per heavy atom. The van der Waals surface area contributed by atoms with Gasteiger partial charge in [0.15, 0.2) is 11.0 Å². The van der Waals surface area contributed by atoms with E-state index in [1.165, 1.54) is 11.8 Å². The van der Waals surface area contributed by atoms with Crippen LogP contribution in [0.5, 0.6) is 5.75 Å². The number of carbonyl (C=O) groups excluding carboxylic acids is 1. The van der Waals surface area contributed by atoms with Crippen molar-refractivity contribution in [2.75, 3.05) is 0 Å². The van der Waals surface area contributed by atoms with Crippen LogP contribution in [-0.4, -0.2) is 32.1 Å². The third kappa shape index (κ3) is 3.89. The molecule has 0 amide bonds. The van der Waals surface area contributed by atoms with Crippen molar-refractivity contribution in [1.82, 2.24) is 14.8 Å². The van der Waals surface area contributed by atoms with E-state index in [-0.39, 0.29) is 23.9 Å². The number of nitrogens with zero attached hydrogens (tertiary/aromatic N) is 3. The quantitative estimate of drug-likeness (QED) is 0.589. The number of thioether (sulfide) groups is 1. The lowest BCUT2D eigenvalue weighted by Gasteiger charge is -2.13. The monoisotopic (exact) mass is 395 g/mol. The first kappa shape index (κ1) is 18.6. The maximum absolute atomic E-state index is 12.1. The van der Waals surface area contributed by atoms with Gasteiger partial charge in [-0.05, 0) is 37.6 Å². The van der Waals surface area contributed by atoms with Crippen molar-refractivity contribution >= 4 is 17.7 Å². The number of cyclic esters (lactones) is 1. The number of esters is 1. The highest BCUT2D eigenvalue weighted by Gasteiger charge is 2.34. The molecule has 2 aromatic carbocycles. The van der Waals surface area contributed by atoms with E-state index in [4.69, 9.17) is 9.47 Å². The van der Waals surface area contributed by atoms with E-state index in [9.17, 15) is 4.79 Å². The Bertz CT molecular complexity index is 974. The lowest BCUT2D eigenvalue weighted by Crippen LogP contribution is -2.12. The van der Waals surface area contributed by atoms with E-state index in [0.717, 1.165) is 17.0 Å². The molecule has 0 bridgehead atoms. The summed E-state index contributed by atoms with van der Waals surface area (Å²) in [5, 5.41) is 9.06. The molecule has 0 aliphatic carbocycles. The van der Waals surface area contributed by atoms with Gasteiger partial charge in [-0.2, -0.15) is 0 Å². The molecule has 1 aliphatic rings. The van der Waals surface area contributed by atoms with Crippen molar-refractivity contribution in [1.29, 1.82) is 0 Å². The normalized spacial score (nSPS) is 18.9. The smallest absolute Gasteiger partial charge is 0.319 e. The Kier molecular flexibility index (Phi) is 5.34. The van der Waals surface area contributed by atoms with Gasteiger partial charge in [-0.25, -0.2) is 0 Å². The summed E-state index contributed by atoms with van der Waals surface area (Å²) in [5.74, 6) is 1.29. The molecule has 7 heteroatoms. The van der Waals surface area contributed by atoms with Crippen molar-refractivity contribution in [3.8, 4) is 11.4 Å². The van der Waals surface area contributed by atoms with Crippen LogP contribution in [0.1, 0.15) is 24.7 Å². The van der Waals surface area contributed by atoms with E-state index in [1.54, 1.807) is 0 Å². The van der Waals surface area contributed by atoms with Gasteiger partial charge in [0, 0.05) is 12.1 Å². The molecule has 28 heavy (non-hydrogen) atoms. The minimum atomic E-state index is -0.271. The number of aromatic nitrogens is 3. The molecule has 3 aromatic rings. The van der Waals surface area contributed by atoms with Crippen molar-refractivity contribution in [3.63, 3.8) is 0 Å². The summed E-state index contributed by atoms with van der Waals surface area (Å²) in [6.07, 6.45) is 0.599. The standard InChI is InChI=1S/C21H21N3O3S/c1-14-8-6-7-11-17(14)26-13-19-22-23-21(24(19)16-9-4-3-5-10-16)28-18-12-15(2)27-20(18)25/h3-11,15,18H,12-13H2,1-2H3/t15-,18+/m0/s1. The summed E-state index contributed by atoms with van der Waals surface area (Å²) in [6.45, 7) is 4.19. The van der Waals surface area contributed by atoms with Crippen LogP contribution >= 0.6 is 11.8 Å². The first-order chi connectivity index (χ1) is 13.6. The average Bonchev–Trinajstić information content (AvgIpc) is 3.24. The predicted molar refractivity (Wildman–Crippen MR) is 107 cm³/mol. The Morgan fingerprint density at radius 3 is 2.61 bits per heavy atom. The van der Waals surface area contributed by atoms with E-state index in [0.29, 0.717) is 17.4 Å². The van der Waals surface area contributed by atoms with E-state index < -0.39 is 0 Å². The summed E-state index contributed by atoms with van der Waals surface area (Å²) in [5.41, 5.74) is 1.99. The van der Waals surface area contributed by atoms with Gasteiger partial charge in [-0.1, -0.05) is 48.2 Å². The van der Waals surface area contributed by atoms with Crippen LogP contribution in [0.2, 0.25) is 0 Å². The molecule has 1 fully saturated rings. The molecule has 0 radical (unpaired) electrons. The third-order valence-electron chi connectivity index (χ3n) is 4.54. The number of benzene rings is 2. The summed E-state index contributed by atoms with van der Waals surface area (Å²) < 4.78 is 13.2. The van der Waals surface area contributed by atoms with Gasteiger partial charge in [0.2, 0.25) is 0 Å². The number of hydrogen-bond donors (Lipinski definition) is 0. The minimum Gasteiger partial charge on any atom is -0.485 e. The lowest BCUT2D eigenvalue weighted by atomic mass is 10.2. The van der Waals surface area contributed by atoms with Gasteiger partial charge in [0.25, 0.3) is 0 Å². The zero-order chi connectivity index (χ0) is 19.5. The summed E-state index contributed by atoms with van der Waals surface area (Å²) in [7, 11) is 0. The van der Waals surface area contributed by atoms with Crippen LogP contribution in [0.3, 0.4) is 0 Å². The molecule has 1 saturated heterocycles. The Hall–Kier alpha value is -2.80. The number of carbonyl (C=O) groups is 1. The molecule has 1 aliphatic heterocycles. The molecule has 144 valence electrons. The molecule has 6 nitrogen and oxygen atoms in total. The van der Waals surface area contributed by atoms with Crippen LogP contribution in [-0.2, 0) is 16.1 Å². The highest BCUT2D eigenvalue weighted by Crippen LogP contribution is 2.33. The Labute approximate surface area is 167 Å². The lowest BCUT2D eigenvalue weighted by molar-refractivity contribution is -0.140. The average molecular weight is 395 g/mol. The van der Waals surface area contributed by atoms with Crippen molar-refractivity contribution in [2.45, 2.75) is 43.4 Å². The number of para-hydroxylation sites is 2. The highest BCUT2D eigenvalue weighted by molar-refractivity contribution is 8.00. The number of hydrogen-bond acceptors (Lipinski definition) is 6. The summed E-state index contributed by atoms with van der Waals surface area (Å²) >= 11 is 1.39. The van der Waals surface area contributed by atoms with Gasteiger partial charge < -0.3 is 9.47 Å². The zero-order valence-corrected chi connectivity index (χ0v) is 16.6. The van der Waals surface area contributed by atoms with Crippen molar-refractivity contribution in [2.24, 2.45) is 0 Å². The van der Waals surface area contributed by atoms with E-state index >= 15 is 0 Å². The molecule has 0 spiro atoms. The van der Waals surface area contributed by atoms with Crippen LogP contribution in [0.15, 0.2) is 59.8 Å². The topological polar surface area (TPSA) is 66.2 Å². The SMILES string of the molecule is Cc1ccccc1OCc1nnc(S[C@@H]2C[C@H](C)OC2=O)n1-c1ccccc1. The predicted octanol–water partition coefficient (Wildman–Crippen LogP) is 3.95. The van der Waals surface area contributed by atoms with Gasteiger partial charge in [0.05, 0.1) is 0 Å². The third-order valence-corrected chi connectivity index (χ3v) is 5.68. The van der Waals surface area contributed by atoms with Crippen LogP contribution in [0, 0.1) is 6.92 Å². The van der Waals surface area contributed by atoms with Gasteiger partial charge >= 0.3 is 5.97 Å². The highest BCUT2D eigenvalue weighted by atomic mass is 32.2. The number of ether oxygens (including phenoxy) is 2. The molecular weight excluding hydrogens is 374 g/mol. The molecule has 2 heterocycles. The fourth-order valence-corrected chi connectivity index (χ4v) is 4.29. The second-order valence-electron chi connectivity index (χ2n) is 6.71. The summed E-state index contributed by atoms with van der Waals surface area (Å²) in [6, 6.07) is 17.7. The number of aryl methyl sites for hydroxylation is 1. The molecule has 0 unspecified atom stereocenters. The van der Waals surface area contributed by atoms with Crippen LogP contribution in [0.4, 0.5) is 0 Å². The molecule has 0 N–H and O–H groups in total. The molecule has 1 aromatic heterocycles. The Morgan fingerprint density at radius 1 is 1.14 bits per heavy atom. The zero-order valence-electron chi connectivity index (χ0n) is 15.7.